The molecule has 0 bridgehead atoms. The zero-order valence-electron chi connectivity index (χ0n) is 15.1. The fourth-order valence-corrected chi connectivity index (χ4v) is 3.13. The van der Waals surface area contributed by atoms with Gasteiger partial charge in [-0.2, -0.15) is 0 Å². The number of carbonyl (C=O) groups excluding carboxylic acids is 1. The molecule has 0 aliphatic carbocycles. The summed E-state index contributed by atoms with van der Waals surface area (Å²) in [4.78, 5) is 27.7. The van der Waals surface area contributed by atoms with Gasteiger partial charge in [0.15, 0.2) is 10.9 Å². The number of hydrogen-bond donors (Lipinski definition) is 2. The molecule has 0 unspecified atom stereocenters. The molecule has 0 saturated carbocycles. The number of aromatic nitrogens is 1. The van der Waals surface area contributed by atoms with Crippen LogP contribution in [0.4, 0.5) is 10.8 Å². The van der Waals surface area contributed by atoms with Crippen molar-refractivity contribution in [2.75, 3.05) is 5.32 Å². The summed E-state index contributed by atoms with van der Waals surface area (Å²) < 4.78 is 0. The highest BCUT2D eigenvalue weighted by molar-refractivity contribution is 7.13. The van der Waals surface area contributed by atoms with E-state index in [4.69, 9.17) is 0 Å². The maximum atomic E-state index is 12.3. The molecule has 1 aromatic heterocycles. The van der Waals surface area contributed by atoms with Crippen molar-refractivity contribution in [3.8, 4) is 11.1 Å². The molecule has 0 aliphatic heterocycles. The van der Waals surface area contributed by atoms with E-state index in [0.29, 0.717) is 5.56 Å². The lowest BCUT2D eigenvalue weighted by molar-refractivity contribution is -0.146. The Hall–Kier alpha value is -2.99. The topological polar surface area (TPSA) is 79.3 Å². The lowest BCUT2D eigenvalue weighted by Gasteiger charge is -2.17. The first-order valence-corrected chi connectivity index (χ1v) is 9.37. The zero-order valence-corrected chi connectivity index (χ0v) is 15.9. The second kappa shape index (κ2) is 7.72. The van der Waals surface area contributed by atoms with Gasteiger partial charge in [0.2, 0.25) is 0 Å². The van der Waals surface area contributed by atoms with E-state index >= 15 is 0 Å². The smallest absolute Gasteiger partial charge is 0.309 e. The Kier molecular flexibility index (Phi) is 5.37. The number of thiazole rings is 1. The van der Waals surface area contributed by atoms with Gasteiger partial charge in [0.1, 0.15) is 0 Å². The molecule has 0 amide bonds. The van der Waals surface area contributed by atoms with Gasteiger partial charge in [0, 0.05) is 29.2 Å². The number of carboxylic acids is 1. The second-order valence-electron chi connectivity index (χ2n) is 6.91. The Morgan fingerprint density at radius 2 is 1.63 bits per heavy atom. The van der Waals surface area contributed by atoms with Crippen LogP contribution in [-0.2, 0) is 4.79 Å². The SMILES string of the molecule is CC(C)(CC(=O)c1ccc(-c2ccc(Nc3nccs3)cc2)cc1)C(=O)O. The number of nitrogens with one attached hydrogen (secondary N) is 1. The van der Waals surface area contributed by atoms with Gasteiger partial charge in [-0.05, 0) is 37.1 Å². The molecule has 0 saturated heterocycles. The number of aliphatic carboxylic acids is 1. The Morgan fingerprint density at radius 1 is 1.04 bits per heavy atom. The van der Waals surface area contributed by atoms with Gasteiger partial charge in [0.05, 0.1) is 5.41 Å². The van der Waals surface area contributed by atoms with Crippen molar-refractivity contribution in [3.05, 3.63) is 65.7 Å². The third kappa shape index (κ3) is 4.60. The summed E-state index contributed by atoms with van der Waals surface area (Å²) in [6.45, 7) is 3.12. The van der Waals surface area contributed by atoms with E-state index in [1.165, 1.54) is 11.3 Å². The summed E-state index contributed by atoms with van der Waals surface area (Å²) in [7, 11) is 0. The maximum absolute atomic E-state index is 12.3. The first kappa shape index (κ1) is 18.8. The van der Waals surface area contributed by atoms with Crippen molar-refractivity contribution < 1.29 is 14.7 Å². The largest absolute Gasteiger partial charge is 0.481 e. The normalized spacial score (nSPS) is 11.2. The molecule has 0 fully saturated rings. The molecular formula is C21H20N2O3S. The highest BCUT2D eigenvalue weighted by Crippen LogP contribution is 2.26. The van der Waals surface area contributed by atoms with Gasteiger partial charge >= 0.3 is 5.97 Å². The predicted octanol–water partition coefficient (Wildman–Crippen LogP) is 5.24. The molecule has 2 aromatic carbocycles. The van der Waals surface area contributed by atoms with Crippen molar-refractivity contribution in [2.24, 2.45) is 5.41 Å². The van der Waals surface area contributed by atoms with Gasteiger partial charge in [-0.15, -0.1) is 11.3 Å². The Bertz CT molecular complexity index is 931. The predicted molar refractivity (Wildman–Crippen MR) is 108 cm³/mol. The third-order valence-electron chi connectivity index (χ3n) is 4.29. The number of carbonyl (C=O) groups is 2. The molecule has 0 aliphatic rings. The van der Waals surface area contributed by atoms with Crippen molar-refractivity contribution in [1.82, 2.24) is 4.98 Å². The number of anilines is 2. The van der Waals surface area contributed by atoms with E-state index < -0.39 is 11.4 Å². The Morgan fingerprint density at radius 3 is 2.15 bits per heavy atom. The molecule has 0 atom stereocenters. The summed E-state index contributed by atoms with van der Waals surface area (Å²) in [5, 5.41) is 15.2. The van der Waals surface area contributed by atoms with Crippen LogP contribution >= 0.6 is 11.3 Å². The molecule has 27 heavy (non-hydrogen) atoms. The monoisotopic (exact) mass is 380 g/mol. The van der Waals surface area contributed by atoms with Gasteiger partial charge in [-0.25, -0.2) is 4.98 Å². The van der Waals surface area contributed by atoms with Gasteiger partial charge in [-0.3, -0.25) is 9.59 Å². The molecule has 3 rings (SSSR count). The van der Waals surface area contributed by atoms with E-state index in [1.807, 2.05) is 41.8 Å². The average molecular weight is 380 g/mol. The van der Waals surface area contributed by atoms with Crippen LogP contribution < -0.4 is 5.32 Å². The van der Waals surface area contributed by atoms with Crippen LogP contribution in [0.15, 0.2) is 60.1 Å². The van der Waals surface area contributed by atoms with E-state index in [2.05, 4.69) is 10.3 Å². The summed E-state index contributed by atoms with van der Waals surface area (Å²) in [5.74, 6) is -1.14. The minimum absolute atomic E-state index is 0.0290. The third-order valence-corrected chi connectivity index (χ3v) is 4.98. The second-order valence-corrected chi connectivity index (χ2v) is 7.80. The van der Waals surface area contributed by atoms with E-state index in [0.717, 1.165) is 21.9 Å². The zero-order chi connectivity index (χ0) is 19.4. The number of ketones is 1. The Balaban J connectivity index is 1.69. The minimum Gasteiger partial charge on any atom is -0.481 e. The first-order valence-electron chi connectivity index (χ1n) is 8.49. The molecule has 0 spiro atoms. The van der Waals surface area contributed by atoms with Crippen molar-refractivity contribution in [3.63, 3.8) is 0 Å². The van der Waals surface area contributed by atoms with Crippen LogP contribution in [0.2, 0.25) is 0 Å². The number of rotatable bonds is 7. The summed E-state index contributed by atoms with van der Waals surface area (Å²) in [6.07, 6.45) is 1.72. The lowest BCUT2D eigenvalue weighted by atomic mass is 9.85. The minimum atomic E-state index is -1.07. The fourth-order valence-electron chi connectivity index (χ4n) is 2.58. The van der Waals surface area contributed by atoms with Crippen molar-refractivity contribution >= 4 is 33.9 Å². The van der Waals surface area contributed by atoms with Gasteiger partial charge < -0.3 is 10.4 Å². The van der Waals surface area contributed by atoms with Crippen molar-refractivity contribution in [2.45, 2.75) is 20.3 Å². The number of carboxylic acid groups (broad SMARTS) is 1. The molecule has 6 heteroatoms. The van der Waals surface area contributed by atoms with E-state index in [-0.39, 0.29) is 12.2 Å². The number of Topliss-reactive ketones (excluding diaryl/α,β-unsaturated/α-hetero) is 1. The molecule has 138 valence electrons. The van der Waals surface area contributed by atoms with Crippen LogP contribution in [0.5, 0.6) is 0 Å². The molecule has 1 heterocycles. The molecule has 2 N–H and O–H groups in total. The van der Waals surface area contributed by atoms with E-state index in [1.54, 1.807) is 32.2 Å². The molecule has 5 nitrogen and oxygen atoms in total. The fraction of sp³-hybridized carbons (Fsp3) is 0.190. The molecule has 3 aromatic rings. The number of hydrogen-bond acceptors (Lipinski definition) is 5. The van der Waals surface area contributed by atoms with E-state index in [9.17, 15) is 14.7 Å². The Labute approximate surface area is 161 Å². The van der Waals surface area contributed by atoms with Crippen LogP contribution in [-0.4, -0.2) is 21.8 Å². The summed E-state index contributed by atoms with van der Waals surface area (Å²) in [5.41, 5.74) is 2.43. The molecular weight excluding hydrogens is 360 g/mol. The first-order chi connectivity index (χ1) is 12.8. The van der Waals surface area contributed by atoms with Gasteiger partial charge in [-0.1, -0.05) is 36.4 Å². The van der Waals surface area contributed by atoms with Crippen LogP contribution in [0.25, 0.3) is 11.1 Å². The van der Waals surface area contributed by atoms with Crippen molar-refractivity contribution in [1.29, 1.82) is 0 Å². The average Bonchev–Trinajstić information content (AvgIpc) is 3.15. The summed E-state index contributed by atoms with van der Waals surface area (Å²) in [6, 6.07) is 15.2. The number of nitrogens with zero attached hydrogens (tertiary/aromatic N) is 1. The lowest BCUT2D eigenvalue weighted by Crippen LogP contribution is -2.26. The highest BCUT2D eigenvalue weighted by atomic mass is 32.1. The van der Waals surface area contributed by atoms with Crippen LogP contribution in [0.1, 0.15) is 30.6 Å². The summed E-state index contributed by atoms with van der Waals surface area (Å²) >= 11 is 1.54. The standard InChI is InChI=1S/C21H20N2O3S/c1-21(2,19(25)26)13-18(24)16-5-3-14(4-6-16)15-7-9-17(10-8-15)23-20-22-11-12-27-20/h3-12H,13H2,1-2H3,(H,22,23)(H,25,26). The highest BCUT2D eigenvalue weighted by Gasteiger charge is 2.30. The maximum Gasteiger partial charge on any atom is 0.309 e. The quantitative estimate of drug-likeness (QED) is 0.548. The van der Waals surface area contributed by atoms with Gasteiger partial charge in [0.25, 0.3) is 0 Å². The van der Waals surface area contributed by atoms with Crippen LogP contribution in [0.3, 0.4) is 0 Å². The van der Waals surface area contributed by atoms with Crippen LogP contribution in [0, 0.1) is 5.41 Å². The molecule has 0 radical (unpaired) electrons. The number of benzene rings is 2.